The Hall–Kier alpha value is 0.620. The van der Waals surface area contributed by atoms with Crippen LogP contribution in [0.3, 0.4) is 0 Å². The molecule has 48 valence electrons. The quantitative estimate of drug-likeness (QED) is 0.541. The van der Waals surface area contributed by atoms with Gasteiger partial charge in [0.2, 0.25) is 0 Å². The van der Waals surface area contributed by atoms with E-state index in [1.165, 1.54) is 0 Å². The summed E-state index contributed by atoms with van der Waals surface area (Å²) in [5.41, 5.74) is 0. The molecule has 0 aromatic carbocycles. The van der Waals surface area contributed by atoms with Gasteiger partial charge in [-0.1, -0.05) is 0 Å². The van der Waals surface area contributed by atoms with E-state index in [0.717, 1.165) is 0 Å². The molecule has 0 fully saturated rings. The van der Waals surface area contributed by atoms with Gasteiger partial charge >= 0.3 is 0 Å². The van der Waals surface area contributed by atoms with Crippen LogP contribution in [0.25, 0.3) is 0 Å². The van der Waals surface area contributed by atoms with Crippen LogP contribution in [0.2, 0.25) is 0 Å². The van der Waals surface area contributed by atoms with Crippen LogP contribution in [0, 0.1) is 0 Å². The maximum absolute atomic E-state index is 10.5. The first-order valence-corrected chi connectivity index (χ1v) is 2.13. The van der Waals surface area contributed by atoms with E-state index in [-0.39, 0.29) is 24.8 Å². The van der Waals surface area contributed by atoms with Crippen molar-refractivity contribution in [1.82, 2.24) is 0 Å². The standard InChI is InChI=1S/CH3FO2S.2ClH/c2-1-5(3)4;;/h1H2,(H,3,4);2*1H/p-1. The van der Waals surface area contributed by atoms with Crippen LogP contribution in [0.1, 0.15) is 0 Å². The van der Waals surface area contributed by atoms with Crippen molar-refractivity contribution in [2.24, 2.45) is 0 Å². The van der Waals surface area contributed by atoms with Gasteiger partial charge in [0.05, 0.1) is 0 Å². The molecule has 0 spiro atoms. The summed E-state index contributed by atoms with van der Waals surface area (Å²) < 4.78 is 28.5. The van der Waals surface area contributed by atoms with Crippen molar-refractivity contribution in [1.29, 1.82) is 0 Å². The van der Waals surface area contributed by atoms with Crippen LogP contribution in [0.15, 0.2) is 0 Å². The average Bonchev–Trinajstić information content (AvgIpc) is 1.38. The fourth-order valence-corrected chi connectivity index (χ4v) is 0. The van der Waals surface area contributed by atoms with Gasteiger partial charge < -0.3 is 4.55 Å². The summed E-state index contributed by atoms with van der Waals surface area (Å²) in [6, 6.07) is -1.28. The van der Waals surface area contributed by atoms with Gasteiger partial charge in [-0.2, -0.15) is 0 Å². The van der Waals surface area contributed by atoms with Crippen LogP contribution in [0.4, 0.5) is 4.39 Å². The summed E-state index contributed by atoms with van der Waals surface area (Å²) >= 11 is -2.49. The Labute approximate surface area is 55.6 Å². The summed E-state index contributed by atoms with van der Waals surface area (Å²) in [7, 11) is 0. The van der Waals surface area contributed by atoms with E-state index in [1.807, 2.05) is 0 Å². The molecule has 0 N–H and O–H groups in total. The predicted molar refractivity (Wildman–Crippen MR) is 29.4 cm³/mol. The molecule has 0 amide bonds. The number of alkyl halides is 1. The molecule has 0 saturated heterocycles. The zero-order valence-corrected chi connectivity index (χ0v) is 5.58. The fourth-order valence-electron chi connectivity index (χ4n) is 0. The van der Waals surface area contributed by atoms with Gasteiger partial charge in [0.1, 0.15) is 0 Å². The van der Waals surface area contributed by atoms with E-state index in [2.05, 4.69) is 0 Å². The van der Waals surface area contributed by atoms with Crippen molar-refractivity contribution in [2.75, 3.05) is 6.01 Å². The van der Waals surface area contributed by atoms with Gasteiger partial charge in [-0.05, 0) is 11.1 Å². The van der Waals surface area contributed by atoms with Gasteiger partial charge in [0.25, 0.3) is 0 Å². The summed E-state index contributed by atoms with van der Waals surface area (Å²) in [4.78, 5) is 0. The second-order valence-corrected chi connectivity index (χ2v) is 1.24. The molecule has 0 aromatic rings. The minimum atomic E-state index is -2.49. The molecule has 1 atom stereocenters. The summed E-state index contributed by atoms with van der Waals surface area (Å²) in [6.45, 7) is 0. The van der Waals surface area contributed by atoms with Gasteiger partial charge in [0, 0.05) is 0 Å². The van der Waals surface area contributed by atoms with Crippen molar-refractivity contribution in [3.8, 4) is 0 Å². The van der Waals surface area contributed by atoms with Crippen LogP contribution < -0.4 is 0 Å². The van der Waals surface area contributed by atoms with Crippen molar-refractivity contribution in [2.45, 2.75) is 0 Å². The SMILES string of the molecule is Cl.Cl.O=S([O-])CF. The monoisotopic (exact) mass is 169 g/mol. The minimum Gasteiger partial charge on any atom is -0.770 e. The Bertz CT molecular complexity index is 51.0. The third-order valence-corrected chi connectivity index (χ3v) is 0.267. The molecule has 0 aromatic heterocycles. The fraction of sp³-hybridized carbons (Fsp3) is 1.00. The van der Waals surface area contributed by atoms with E-state index in [1.54, 1.807) is 0 Å². The zero-order valence-electron chi connectivity index (χ0n) is 3.13. The third kappa shape index (κ3) is 20.6. The van der Waals surface area contributed by atoms with Gasteiger partial charge in [0.15, 0.2) is 6.01 Å². The Kier molecular flexibility index (Phi) is 21.9. The lowest BCUT2D eigenvalue weighted by molar-refractivity contribution is 0.494. The molecular weight excluding hydrogens is 166 g/mol. The lowest BCUT2D eigenvalue weighted by Crippen LogP contribution is -1.84. The Morgan fingerprint density at radius 3 is 1.71 bits per heavy atom. The molecular formula is CH4Cl2FO2S-. The average molecular weight is 170 g/mol. The first kappa shape index (κ1) is 15.6. The van der Waals surface area contributed by atoms with E-state index in [0.29, 0.717) is 0 Å². The van der Waals surface area contributed by atoms with Crippen molar-refractivity contribution in [3.05, 3.63) is 0 Å². The van der Waals surface area contributed by atoms with Crippen LogP contribution in [-0.4, -0.2) is 14.8 Å². The largest absolute Gasteiger partial charge is 0.770 e. The zero-order chi connectivity index (χ0) is 4.28. The second kappa shape index (κ2) is 9.80. The van der Waals surface area contributed by atoms with Gasteiger partial charge in [-0.25, -0.2) is 4.39 Å². The molecule has 1 unspecified atom stereocenters. The molecule has 0 aliphatic heterocycles. The van der Waals surface area contributed by atoms with Gasteiger partial charge in [-0.15, -0.1) is 24.8 Å². The highest BCUT2D eigenvalue weighted by molar-refractivity contribution is 7.78. The normalized spacial score (nSPS) is 10.6. The molecule has 7 heavy (non-hydrogen) atoms. The topological polar surface area (TPSA) is 40.1 Å². The Balaban J connectivity index is -0.0000000800. The number of hydrogen-bond acceptors (Lipinski definition) is 2. The summed E-state index contributed by atoms with van der Waals surface area (Å²) in [5, 5.41) is 0. The summed E-state index contributed by atoms with van der Waals surface area (Å²) in [5.74, 6) is 0. The maximum Gasteiger partial charge on any atom is 0.151 e. The van der Waals surface area contributed by atoms with E-state index >= 15 is 0 Å². The van der Waals surface area contributed by atoms with Crippen LogP contribution >= 0.6 is 24.8 Å². The second-order valence-electron chi connectivity index (χ2n) is 0.413. The molecule has 0 radical (unpaired) electrons. The highest BCUT2D eigenvalue weighted by atomic mass is 35.5. The number of halogens is 3. The Morgan fingerprint density at radius 1 is 1.57 bits per heavy atom. The summed E-state index contributed by atoms with van der Waals surface area (Å²) in [6.07, 6.45) is 0. The lowest BCUT2D eigenvalue weighted by atomic mass is 11.8. The number of hydrogen-bond donors (Lipinski definition) is 0. The smallest absolute Gasteiger partial charge is 0.151 e. The third-order valence-electron chi connectivity index (χ3n) is 0.0891. The van der Waals surface area contributed by atoms with E-state index in [9.17, 15) is 4.39 Å². The lowest BCUT2D eigenvalue weighted by Gasteiger charge is -1.90. The van der Waals surface area contributed by atoms with E-state index < -0.39 is 17.1 Å². The molecule has 6 heteroatoms. The highest BCUT2D eigenvalue weighted by Crippen LogP contribution is 1.67. The molecule has 2 nitrogen and oxygen atoms in total. The van der Waals surface area contributed by atoms with Crippen molar-refractivity contribution >= 4 is 35.9 Å². The molecule has 0 aliphatic carbocycles. The van der Waals surface area contributed by atoms with E-state index in [4.69, 9.17) is 8.76 Å². The molecule has 0 saturated carbocycles. The highest BCUT2D eigenvalue weighted by Gasteiger charge is 1.66. The number of rotatable bonds is 1. The molecule has 0 rings (SSSR count). The molecule has 0 aliphatic rings. The Morgan fingerprint density at radius 2 is 1.71 bits per heavy atom. The first-order chi connectivity index (χ1) is 2.27. The predicted octanol–water partition coefficient (Wildman–Crippen LogP) is 0.636. The minimum absolute atomic E-state index is 0. The first-order valence-electron chi connectivity index (χ1n) is 0.889. The van der Waals surface area contributed by atoms with Gasteiger partial charge in [-0.3, -0.25) is 4.21 Å². The molecule has 0 heterocycles. The maximum atomic E-state index is 10.5. The van der Waals surface area contributed by atoms with Crippen LogP contribution in [-0.2, 0) is 11.1 Å². The molecule has 0 bridgehead atoms. The van der Waals surface area contributed by atoms with Crippen molar-refractivity contribution in [3.63, 3.8) is 0 Å². The van der Waals surface area contributed by atoms with Crippen LogP contribution in [0.5, 0.6) is 0 Å². The van der Waals surface area contributed by atoms with Crippen molar-refractivity contribution < 1.29 is 13.2 Å².